The van der Waals surface area contributed by atoms with Gasteiger partial charge in [-0.05, 0) is 62.1 Å². The topological polar surface area (TPSA) is 35.0 Å². The van der Waals surface area contributed by atoms with Crippen molar-refractivity contribution >= 4 is 34.5 Å². The summed E-state index contributed by atoms with van der Waals surface area (Å²) < 4.78 is 5.83. The van der Waals surface area contributed by atoms with Gasteiger partial charge in [-0.2, -0.15) is 0 Å². The lowest BCUT2D eigenvalue weighted by Gasteiger charge is -2.11. The average Bonchev–Trinajstić information content (AvgIpc) is 2.90. The molecule has 0 spiro atoms. The normalized spacial score (nSPS) is 11.6. The van der Waals surface area contributed by atoms with Crippen molar-refractivity contribution in [1.29, 1.82) is 0 Å². The Morgan fingerprint density at radius 2 is 1.77 bits per heavy atom. The maximum absolute atomic E-state index is 5.83. The van der Waals surface area contributed by atoms with E-state index in [2.05, 4.69) is 34.4 Å². The second kappa shape index (κ2) is 6.28. The SMILES string of the molecule is Cc1ccsc1C=Cc1nc2ccccc2nc1OC(C)C. The minimum Gasteiger partial charge on any atom is -0.473 e. The minimum atomic E-state index is 0.0612. The van der Waals surface area contributed by atoms with Crippen molar-refractivity contribution in [3.05, 3.63) is 51.8 Å². The van der Waals surface area contributed by atoms with Crippen LogP contribution in [0.15, 0.2) is 35.7 Å². The van der Waals surface area contributed by atoms with Crippen LogP contribution in [0.5, 0.6) is 5.88 Å². The quantitative estimate of drug-likeness (QED) is 0.683. The van der Waals surface area contributed by atoms with Gasteiger partial charge >= 0.3 is 0 Å². The van der Waals surface area contributed by atoms with Crippen molar-refractivity contribution in [3.8, 4) is 5.88 Å². The summed E-state index contributed by atoms with van der Waals surface area (Å²) in [4.78, 5) is 10.5. The van der Waals surface area contributed by atoms with Gasteiger partial charge in [-0.15, -0.1) is 11.3 Å². The fraction of sp³-hybridized carbons (Fsp3) is 0.222. The lowest BCUT2D eigenvalue weighted by Crippen LogP contribution is -2.09. The second-order valence-electron chi connectivity index (χ2n) is 5.37. The highest BCUT2D eigenvalue weighted by Crippen LogP contribution is 2.24. The highest BCUT2D eigenvalue weighted by Gasteiger charge is 2.09. The number of thiophene rings is 1. The molecule has 0 aliphatic heterocycles. The maximum atomic E-state index is 5.83. The summed E-state index contributed by atoms with van der Waals surface area (Å²) in [5.41, 5.74) is 3.75. The molecular weight excluding hydrogens is 292 g/mol. The van der Waals surface area contributed by atoms with Crippen LogP contribution >= 0.6 is 11.3 Å². The molecule has 2 heterocycles. The summed E-state index contributed by atoms with van der Waals surface area (Å²) in [7, 11) is 0. The van der Waals surface area contributed by atoms with E-state index < -0.39 is 0 Å². The van der Waals surface area contributed by atoms with Gasteiger partial charge in [-0.1, -0.05) is 12.1 Å². The Morgan fingerprint density at radius 1 is 1.05 bits per heavy atom. The molecule has 4 heteroatoms. The molecule has 0 fully saturated rings. The van der Waals surface area contributed by atoms with Crippen molar-refractivity contribution in [3.63, 3.8) is 0 Å². The molecule has 3 nitrogen and oxygen atoms in total. The van der Waals surface area contributed by atoms with Crippen LogP contribution in [-0.2, 0) is 0 Å². The number of benzene rings is 1. The minimum absolute atomic E-state index is 0.0612. The fourth-order valence-corrected chi connectivity index (χ4v) is 2.95. The molecule has 0 bridgehead atoms. The third-order valence-electron chi connectivity index (χ3n) is 3.21. The lowest BCUT2D eigenvalue weighted by atomic mass is 10.2. The number of rotatable bonds is 4. The molecule has 0 saturated carbocycles. The summed E-state index contributed by atoms with van der Waals surface area (Å²) in [5, 5.41) is 2.09. The van der Waals surface area contributed by atoms with E-state index in [-0.39, 0.29) is 6.10 Å². The van der Waals surface area contributed by atoms with Crippen LogP contribution in [0.1, 0.15) is 30.0 Å². The van der Waals surface area contributed by atoms with Crippen molar-refractivity contribution in [2.75, 3.05) is 0 Å². The van der Waals surface area contributed by atoms with Gasteiger partial charge in [-0.25, -0.2) is 9.97 Å². The van der Waals surface area contributed by atoms with E-state index >= 15 is 0 Å². The van der Waals surface area contributed by atoms with E-state index in [1.807, 2.05) is 44.2 Å². The zero-order valence-corrected chi connectivity index (χ0v) is 13.7. The Kier molecular flexibility index (Phi) is 4.20. The largest absolute Gasteiger partial charge is 0.473 e. The van der Waals surface area contributed by atoms with Crippen LogP contribution in [0.3, 0.4) is 0 Å². The molecule has 112 valence electrons. The van der Waals surface area contributed by atoms with Crippen LogP contribution in [0, 0.1) is 6.92 Å². The molecule has 0 unspecified atom stereocenters. The highest BCUT2D eigenvalue weighted by molar-refractivity contribution is 7.11. The first kappa shape index (κ1) is 14.7. The molecule has 0 amide bonds. The zero-order chi connectivity index (χ0) is 15.5. The summed E-state index contributed by atoms with van der Waals surface area (Å²) in [6.45, 7) is 6.09. The molecule has 0 N–H and O–H groups in total. The van der Waals surface area contributed by atoms with E-state index in [0.29, 0.717) is 5.88 Å². The third-order valence-corrected chi connectivity index (χ3v) is 4.19. The molecule has 0 saturated heterocycles. The van der Waals surface area contributed by atoms with Gasteiger partial charge in [0.15, 0.2) is 0 Å². The molecule has 0 aliphatic rings. The lowest BCUT2D eigenvalue weighted by molar-refractivity contribution is 0.232. The zero-order valence-electron chi connectivity index (χ0n) is 12.9. The summed E-state index contributed by atoms with van der Waals surface area (Å²) in [6, 6.07) is 9.96. The smallest absolute Gasteiger partial charge is 0.240 e. The van der Waals surface area contributed by atoms with Gasteiger partial charge in [0.1, 0.15) is 5.69 Å². The maximum Gasteiger partial charge on any atom is 0.240 e. The fourth-order valence-electron chi connectivity index (χ4n) is 2.13. The number of fused-ring (bicyclic) bond motifs is 1. The third kappa shape index (κ3) is 3.17. The van der Waals surface area contributed by atoms with Crippen LogP contribution in [0.2, 0.25) is 0 Å². The summed E-state index contributed by atoms with van der Waals surface area (Å²) in [6.07, 6.45) is 4.12. The van der Waals surface area contributed by atoms with Crippen molar-refractivity contribution < 1.29 is 4.74 Å². The first-order valence-electron chi connectivity index (χ1n) is 7.29. The predicted molar refractivity (Wildman–Crippen MR) is 93.3 cm³/mol. The Balaban J connectivity index is 2.05. The van der Waals surface area contributed by atoms with Crippen LogP contribution < -0.4 is 4.74 Å². The number of para-hydroxylation sites is 2. The number of aryl methyl sites for hydroxylation is 1. The van der Waals surface area contributed by atoms with Gasteiger partial charge in [0.2, 0.25) is 5.88 Å². The van der Waals surface area contributed by atoms with Crippen LogP contribution in [0.25, 0.3) is 23.2 Å². The predicted octanol–water partition coefficient (Wildman–Crippen LogP) is 4.96. The Bertz CT molecular complexity index is 821. The second-order valence-corrected chi connectivity index (χ2v) is 6.32. The highest BCUT2D eigenvalue weighted by atomic mass is 32.1. The number of hydrogen-bond acceptors (Lipinski definition) is 4. The van der Waals surface area contributed by atoms with Crippen molar-refractivity contribution in [1.82, 2.24) is 9.97 Å². The molecule has 3 aromatic rings. The van der Waals surface area contributed by atoms with Gasteiger partial charge < -0.3 is 4.74 Å². The molecule has 3 rings (SSSR count). The monoisotopic (exact) mass is 310 g/mol. The number of aromatic nitrogens is 2. The summed E-state index contributed by atoms with van der Waals surface area (Å²) in [5.74, 6) is 0.583. The van der Waals surface area contributed by atoms with Crippen LogP contribution in [0.4, 0.5) is 0 Å². The standard InChI is InChI=1S/C18H18N2OS/c1-12(2)21-18-16(8-9-17-13(3)10-11-22-17)19-14-6-4-5-7-15(14)20-18/h4-12H,1-3H3. The molecule has 22 heavy (non-hydrogen) atoms. The molecular formula is C18H18N2OS. The van der Waals surface area contributed by atoms with Gasteiger partial charge in [0.05, 0.1) is 17.1 Å². The number of nitrogens with zero attached hydrogens (tertiary/aromatic N) is 2. The van der Waals surface area contributed by atoms with Crippen LogP contribution in [-0.4, -0.2) is 16.1 Å². The molecule has 0 atom stereocenters. The van der Waals surface area contributed by atoms with Crippen molar-refractivity contribution in [2.45, 2.75) is 26.9 Å². The molecule has 1 aromatic carbocycles. The Morgan fingerprint density at radius 3 is 2.41 bits per heavy atom. The van der Waals surface area contributed by atoms with E-state index in [1.54, 1.807) is 11.3 Å². The molecule has 2 aromatic heterocycles. The summed E-state index contributed by atoms with van der Waals surface area (Å²) >= 11 is 1.72. The first-order chi connectivity index (χ1) is 10.6. The van der Waals surface area contributed by atoms with Gasteiger partial charge in [-0.3, -0.25) is 0 Å². The molecule has 0 aliphatic carbocycles. The Hall–Kier alpha value is -2.20. The number of hydrogen-bond donors (Lipinski definition) is 0. The average molecular weight is 310 g/mol. The number of ether oxygens (including phenoxy) is 1. The van der Waals surface area contributed by atoms with E-state index in [4.69, 9.17) is 4.74 Å². The molecule has 0 radical (unpaired) electrons. The van der Waals surface area contributed by atoms with E-state index in [1.165, 1.54) is 10.4 Å². The van der Waals surface area contributed by atoms with Crippen molar-refractivity contribution in [2.24, 2.45) is 0 Å². The van der Waals surface area contributed by atoms with Gasteiger partial charge in [0.25, 0.3) is 0 Å². The first-order valence-corrected chi connectivity index (χ1v) is 8.17. The van der Waals surface area contributed by atoms with E-state index in [0.717, 1.165) is 16.7 Å². The van der Waals surface area contributed by atoms with Gasteiger partial charge in [0, 0.05) is 4.88 Å². The Labute approximate surface area is 134 Å². The van der Waals surface area contributed by atoms with E-state index in [9.17, 15) is 0 Å².